The minimum absolute atomic E-state index is 0.00457. The number of hydrogen-bond acceptors (Lipinski definition) is 4. The Balaban J connectivity index is 3.03. The van der Waals surface area contributed by atoms with Crippen LogP contribution in [0.25, 0.3) is 0 Å². The summed E-state index contributed by atoms with van der Waals surface area (Å²) in [6.07, 6.45) is 0. The number of benzene rings is 1. The molecular formula is C12H17N3O3. The first kappa shape index (κ1) is 14.1. The molecule has 1 aromatic carbocycles. The smallest absolute Gasteiger partial charge is 0.274 e. The highest BCUT2D eigenvalue weighted by Gasteiger charge is 2.26. The predicted molar refractivity (Wildman–Crippen MR) is 69.6 cm³/mol. The lowest BCUT2D eigenvalue weighted by Gasteiger charge is -2.23. The molecule has 98 valence electrons. The second kappa shape index (κ2) is 5.14. The van der Waals surface area contributed by atoms with Gasteiger partial charge in [0.05, 0.1) is 21.7 Å². The Labute approximate surface area is 106 Å². The van der Waals surface area contributed by atoms with Gasteiger partial charge < -0.3 is 10.6 Å². The largest absolute Gasteiger partial charge is 0.324 e. The normalized spacial score (nSPS) is 11.1. The van der Waals surface area contributed by atoms with Gasteiger partial charge in [-0.25, -0.2) is 0 Å². The maximum Gasteiger partial charge on any atom is 0.274 e. The maximum absolute atomic E-state index is 12.0. The van der Waals surface area contributed by atoms with Crippen molar-refractivity contribution in [3.63, 3.8) is 0 Å². The summed E-state index contributed by atoms with van der Waals surface area (Å²) in [7, 11) is 1.68. The number of likely N-dealkylation sites (N-methyl/N-ethyl adjacent to an activating group) is 1. The van der Waals surface area contributed by atoms with Crippen LogP contribution >= 0.6 is 0 Å². The lowest BCUT2D eigenvalue weighted by Crippen LogP contribution is -2.48. The zero-order chi connectivity index (χ0) is 13.9. The zero-order valence-corrected chi connectivity index (χ0v) is 10.9. The average molecular weight is 251 g/mol. The second-order valence-corrected chi connectivity index (χ2v) is 4.54. The Bertz CT molecular complexity index is 483. The summed E-state index contributed by atoms with van der Waals surface area (Å²) in [4.78, 5) is 22.3. The SMILES string of the molecule is CNC(C)(C)C(=O)Nc1cccc([N+](=O)[O-])c1C. The van der Waals surface area contributed by atoms with Gasteiger partial charge in [0.1, 0.15) is 0 Å². The van der Waals surface area contributed by atoms with Crippen LogP contribution in [0.2, 0.25) is 0 Å². The number of rotatable bonds is 4. The average Bonchev–Trinajstić information content (AvgIpc) is 2.31. The first-order valence-electron chi connectivity index (χ1n) is 5.54. The molecule has 0 radical (unpaired) electrons. The molecule has 0 bridgehead atoms. The fourth-order valence-corrected chi connectivity index (χ4v) is 1.35. The predicted octanol–water partition coefficient (Wildman–Crippen LogP) is 1.84. The van der Waals surface area contributed by atoms with Crippen molar-refractivity contribution in [1.82, 2.24) is 5.32 Å². The molecule has 6 heteroatoms. The summed E-state index contributed by atoms with van der Waals surface area (Å²) in [6.45, 7) is 5.07. The standard InChI is InChI=1S/C12H17N3O3/c1-8-9(6-5-7-10(8)15(17)18)14-11(16)12(2,3)13-4/h5-7,13H,1-4H3,(H,14,16). The Morgan fingerprint density at radius 3 is 2.50 bits per heavy atom. The van der Waals surface area contributed by atoms with Crippen LogP contribution in [0.4, 0.5) is 11.4 Å². The summed E-state index contributed by atoms with van der Waals surface area (Å²) in [6, 6.07) is 4.60. The topological polar surface area (TPSA) is 84.3 Å². The zero-order valence-electron chi connectivity index (χ0n) is 10.9. The van der Waals surface area contributed by atoms with E-state index < -0.39 is 10.5 Å². The molecule has 2 N–H and O–H groups in total. The van der Waals surface area contributed by atoms with E-state index in [0.29, 0.717) is 11.3 Å². The Hall–Kier alpha value is -1.95. The molecule has 0 fully saturated rings. The molecule has 0 aliphatic heterocycles. The molecule has 0 saturated heterocycles. The number of nitrogens with zero attached hydrogens (tertiary/aromatic N) is 1. The van der Waals surface area contributed by atoms with E-state index in [2.05, 4.69) is 10.6 Å². The van der Waals surface area contributed by atoms with Gasteiger partial charge in [-0.1, -0.05) is 6.07 Å². The third kappa shape index (κ3) is 2.84. The van der Waals surface area contributed by atoms with Crippen LogP contribution in [0, 0.1) is 17.0 Å². The molecule has 0 spiro atoms. The van der Waals surface area contributed by atoms with E-state index in [0.717, 1.165) is 0 Å². The third-order valence-electron chi connectivity index (χ3n) is 2.94. The Kier molecular flexibility index (Phi) is 4.03. The summed E-state index contributed by atoms with van der Waals surface area (Å²) < 4.78 is 0. The second-order valence-electron chi connectivity index (χ2n) is 4.54. The first-order valence-corrected chi connectivity index (χ1v) is 5.54. The lowest BCUT2D eigenvalue weighted by molar-refractivity contribution is -0.385. The van der Waals surface area contributed by atoms with Crippen LogP contribution in [-0.2, 0) is 4.79 Å². The van der Waals surface area contributed by atoms with Gasteiger partial charge in [0.25, 0.3) is 5.69 Å². The molecule has 0 heterocycles. The first-order chi connectivity index (χ1) is 8.29. The van der Waals surface area contributed by atoms with Gasteiger partial charge in [0, 0.05) is 6.07 Å². The molecule has 1 aromatic rings. The van der Waals surface area contributed by atoms with Crippen LogP contribution in [0.15, 0.2) is 18.2 Å². The van der Waals surface area contributed by atoms with Crippen molar-refractivity contribution in [1.29, 1.82) is 0 Å². The van der Waals surface area contributed by atoms with Crippen LogP contribution in [-0.4, -0.2) is 23.4 Å². The lowest BCUT2D eigenvalue weighted by atomic mass is 10.0. The van der Waals surface area contributed by atoms with Crippen LogP contribution in [0.5, 0.6) is 0 Å². The molecule has 6 nitrogen and oxygen atoms in total. The highest BCUT2D eigenvalue weighted by Crippen LogP contribution is 2.25. The van der Waals surface area contributed by atoms with E-state index in [1.165, 1.54) is 6.07 Å². The van der Waals surface area contributed by atoms with Gasteiger partial charge in [-0.05, 0) is 33.9 Å². The van der Waals surface area contributed by atoms with Gasteiger partial charge in [0.15, 0.2) is 0 Å². The molecule has 0 aliphatic carbocycles. The number of amides is 1. The van der Waals surface area contributed by atoms with Crippen molar-refractivity contribution >= 4 is 17.3 Å². The van der Waals surface area contributed by atoms with Crippen molar-refractivity contribution < 1.29 is 9.72 Å². The summed E-state index contributed by atoms with van der Waals surface area (Å²) in [5.74, 6) is -0.242. The summed E-state index contributed by atoms with van der Waals surface area (Å²) in [5, 5.41) is 16.4. The molecule has 0 saturated carbocycles. The molecule has 0 unspecified atom stereocenters. The maximum atomic E-state index is 12.0. The van der Waals surface area contributed by atoms with E-state index in [9.17, 15) is 14.9 Å². The number of carbonyl (C=O) groups is 1. The van der Waals surface area contributed by atoms with Crippen LogP contribution in [0.3, 0.4) is 0 Å². The quantitative estimate of drug-likeness (QED) is 0.631. The van der Waals surface area contributed by atoms with Gasteiger partial charge >= 0.3 is 0 Å². The fourth-order valence-electron chi connectivity index (χ4n) is 1.35. The van der Waals surface area contributed by atoms with Crippen molar-refractivity contribution in [2.45, 2.75) is 26.3 Å². The summed E-state index contributed by atoms with van der Waals surface area (Å²) in [5.41, 5.74) is 0.159. The van der Waals surface area contributed by atoms with Crippen LogP contribution < -0.4 is 10.6 Å². The van der Waals surface area contributed by atoms with E-state index in [4.69, 9.17) is 0 Å². The van der Waals surface area contributed by atoms with Crippen molar-refractivity contribution in [3.05, 3.63) is 33.9 Å². The van der Waals surface area contributed by atoms with Gasteiger partial charge in [-0.3, -0.25) is 14.9 Å². The molecule has 1 rings (SSSR count). The van der Waals surface area contributed by atoms with E-state index >= 15 is 0 Å². The minimum atomic E-state index is -0.739. The van der Waals surface area contributed by atoms with Crippen molar-refractivity contribution in [2.75, 3.05) is 12.4 Å². The number of nitrogens with one attached hydrogen (secondary N) is 2. The summed E-state index contributed by atoms with van der Waals surface area (Å²) >= 11 is 0. The van der Waals surface area contributed by atoms with Crippen molar-refractivity contribution in [3.8, 4) is 0 Å². The van der Waals surface area contributed by atoms with E-state index in [1.54, 1.807) is 40.0 Å². The Morgan fingerprint density at radius 2 is 2.00 bits per heavy atom. The number of nitro groups is 1. The highest BCUT2D eigenvalue weighted by molar-refractivity contribution is 5.98. The molecule has 0 aromatic heterocycles. The molecule has 0 atom stereocenters. The number of carbonyl (C=O) groups excluding carboxylic acids is 1. The number of anilines is 1. The molecule has 1 amide bonds. The monoisotopic (exact) mass is 251 g/mol. The van der Waals surface area contributed by atoms with E-state index in [1.807, 2.05) is 0 Å². The van der Waals surface area contributed by atoms with Crippen LogP contribution in [0.1, 0.15) is 19.4 Å². The highest BCUT2D eigenvalue weighted by atomic mass is 16.6. The fraction of sp³-hybridized carbons (Fsp3) is 0.417. The third-order valence-corrected chi connectivity index (χ3v) is 2.94. The molecule has 0 aliphatic rings. The molecule has 18 heavy (non-hydrogen) atoms. The van der Waals surface area contributed by atoms with Gasteiger partial charge in [-0.2, -0.15) is 0 Å². The van der Waals surface area contributed by atoms with Gasteiger partial charge in [-0.15, -0.1) is 0 Å². The van der Waals surface area contributed by atoms with Crippen molar-refractivity contribution in [2.24, 2.45) is 0 Å². The number of nitro benzene ring substituents is 1. The van der Waals surface area contributed by atoms with E-state index in [-0.39, 0.29) is 11.6 Å². The Morgan fingerprint density at radius 1 is 1.39 bits per heavy atom. The number of hydrogen-bond donors (Lipinski definition) is 2. The minimum Gasteiger partial charge on any atom is -0.324 e. The van der Waals surface area contributed by atoms with Gasteiger partial charge in [0.2, 0.25) is 5.91 Å². The molecular weight excluding hydrogens is 234 g/mol.